The number of aromatic nitrogens is 2. The van der Waals surface area contributed by atoms with Gasteiger partial charge in [-0.3, -0.25) is 14.3 Å². The van der Waals surface area contributed by atoms with Crippen LogP contribution in [0, 0.1) is 5.92 Å². The summed E-state index contributed by atoms with van der Waals surface area (Å²) in [4.78, 5) is 29.6. The first-order valence-corrected chi connectivity index (χ1v) is 11.3. The Morgan fingerprint density at radius 2 is 1.70 bits per heavy atom. The third-order valence-corrected chi connectivity index (χ3v) is 6.51. The number of rotatable bonds is 6. The zero-order valence-electron chi connectivity index (χ0n) is 17.9. The molecule has 6 nitrogen and oxygen atoms in total. The molecule has 0 unspecified atom stereocenters. The topological polar surface area (TPSA) is 58.4 Å². The Morgan fingerprint density at radius 3 is 2.37 bits per heavy atom. The quantitative estimate of drug-likeness (QED) is 0.736. The lowest BCUT2D eigenvalue weighted by Gasteiger charge is -2.32. The summed E-state index contributed by atoms with van der Waals surface area (Å²) >= 11 is 0. The Bertz CT molecular complexity index is 863. The zero-order chi connectivity index (χ0) is 20.9. The van der Waals surface area contributed by atoms with Crippen LogP contribution in [0.5, 0.6) is 0 Å². The van der Waals surface area contributed by atoms with Gasteiger partial charge in [0, 0.05) is 32.6 Å². The van der Waals surface area contributed by atoms with Crippen LogP contribution in [-0.4, -0.2) is 57.6 Å². The Labute approximate surface area is 178 Å². The number of amides is 2. The predicted molar refractivity (Wildman–Crippen MR) is 116 cm³/mol. The highest BCUT2D eigenvalue weighted by molar-refractivity contribution is 5.95. The summed E-state index contributed by atoms with van der Waals surface area (Å²) < 4.78 is 1.95. The lowest BCUT2D eigenvalue weighted by molar-refractivity contribution is -0.131. The molecule has 2 aromatic rings. The Morgan fingerprint density at radius 1 is 1.00 bits per heavy atom. The molecule has 4 rings (SSSR count). The van der Waals surface area contributed by atoms with Crippen LogP contribution < -0.4 is 0 Å². The molecular formula is C24H32N4O2. The number of carbonyl (C=O) groups excluding carboxylic acids is 2. The SMILES string of the molecule is CCc1c(C(=O)N2CCC(CC(=O)N3CCCC3)CC2)cnn1Cc1ccccc1. The maximum absolute atomic E-state index is 13.2. The first kappa shape index (κ1) is 20.6. The van der Waals surface area contributed by atoms with Crippen LogP contribution >= 0.6 is 0 Å². The minimum atomic E-state index is 0.0791. The molecule has 2 aliphatic heterocycles. The van der Waals surface area contributed by atoms with Gasteiger partial charge in [0.05, 0.1) is 24.0 Å². The van der Waals surface area contributed by atoms with Crippen molar-refractivity contribution in [2.45, 2.75) is 52.0 Å². The second-order valence-corrected chi connectivity index (χ2v) is 8.53. The normalized spacial score (nSPS) is 17.5. The van der Waals surface area contributed by atoms with Gasteiger partial charge in [0.2, 0.25) is 5.91 Å². The fourth-order valence-electron chi connectivity index (χ4n) is 4.71. The first-order valence-electron chi connectivity index (χ1n) is 11.3. The molecule has 0 aliphatic carbocycles. The van der Waals surface area contributed by atoms with Gasteiger partial charge < -0.3 is 9.80 Å². The van der Waals surface area contributed by atoms with Crippen molar-refractivity contribution >= 4 is 11.8 Å². The Balaban J connectivity index is 1.35. The number of hydrogen-bond acceptors (Lipinski definition) is 3. The van der Waals surface area contributed by atoms with Crippen molar-refractivity contribution in [3.05, 3.63) is 53.3 Å². The Kier molecular flexibility index (Phi) is 6.50. The van der Waals surface area contributed by atoms with Gasteiger partial charge in [-0.05, 0) is 43.6 Å². The number of hydrogen-bond donors (Lipinski definition) is 0. The number of carbonyl (C=O) groups is 2. The van der Waals surface area contributed by atoms with Gasteiger partial charge in [-0.25, -0.2) is 0 Å². The molecule has 6 heteroatoms. The van der Waals surface area contributed by atoms with E-state index in [0.717, 1.165) is 69.5 Å². The first-order chi connectivity index (χ1) is 14.7. The maximum Gasteiger partial charge on any atom is 0.257 e. The van der Waals surface area contributed by atoms with Gasteiger partial charge in [0.1, 0.15) is 0 Å². The molecule has 160 valence electrons. The van der Waals surface area contributed by atoms with Crippen molar-refractivity contribution in [1.29, 1.82) is 0 Å². The lowest BCUT2D eigenvalue weighted by Crippen LogP contribution is -2.40. The van der Waals surface area contributed by atoms with Crippen LogP contribution in [0.1, 0.15) is 60.6 Å². The molecule has 30 heavy (non-hydrogen) atoms. The molecular weight excluding hydrogens is 376 g/mol. The van der Waals surface area contributed by atoms with Crippen molar-refractivity contribution < 1.29 is 9.59 Å². The maximum atomic E-state index is 13.2. The second-order valence-electron chi connectivity index (χ2n) is 8.53. The summed E-state index contributed by atoms with van der Waals surface area (Å²) in [7, 11) is 0. The Hall–Kier alpha value is -2.63. The molecule has 3 heterocycles. The summed E-state index contributed by atoms with van der Waals surface area (Å²) in [5.41, 5.74) is 2.90. The monoisotopic (exact) mass is 408 g/mol. The molecule has 2 fully saturated rings. The minimum Gasteiger partial charge on any atom is -0.343 e. The van der Waals surface area contributed by atoms with Crippen LogP contribution in [0.2, 0.25) is 0 Å². The molecule has 2 amide bonds. The third-order valence-electron chi connectivity index (χ3n) is 6.51. The number of benzene rings is 1. The molecule has 0 saturated carbocycles. The summed E-state index contributed by atoms with van der Waals surface area (Å²) in [6, 6.07) is 10.2. The van der Waals surface area contributed by atoms with E-state index in [0.29, 0.717) is 24.8 Å². The standard InChI is InChI=1S/C24H32N4O2/c1-2-22-21(17-25-28(22)18-20-8-4-3-5-9-20)24(30)27-14-10-19(11-15-27)16-23(29)26-12-6-7-13-26/h3-5,8-9,17,19H,2,6-7,10-16,18H2,1H3. The van der Waals surface area contributed by atoms with Crippen LogP contribution in [0.4, 0.5) is 0 Å². The van der Waals surface area contributed by atoms with Crippen LogP contribution in [0.15, 0.2) is 36.5 Å². The number of nitrogens with zero attached hydrogens (tertiary/aromatic N) is 4. The van der Waals surface area contributed by atoms with Gasteiger partial charge in [0.25, 0.3) is 5.91 Å². The zero-order valence-corrected chi connectivity index (χ0v) is 17.9. The summed E-state index contributed by atoms with van der Waals surface area (Å²) in [6.07, 6.45) is 7.22. The highest BCUT2D eigenvalue weighted by Crippen LogP contribution is 2.24. The molecule has 0 spiro atoms. The van der Waals surface area contributed by atoms with E-state index < -0.39 is 0 Å². The highest BCUT2D eigenvalue weighted by atomic mass is 16.2. The average Bonchev–Trinajstić information content (AvgIpc) is 3.45. The van der Waals surface area contributed by atoms with Gasteiger partial charge >= 0.3 is 0 Å². The van der Waals surface area contributed by atoms with Crippen LogP contribution in [-0.2, 0) is 17.8 Å². The second kappa shape index (κ2) is 9.45. The van der Waals surface area contributed by atoms with E-state index in [-0.39, 0.29) is 5.91 Å². The van der Waals surface area contributed by atoms with E-state index in [1.165, 1.54) is 5.56 Å². The minimum absolute atomic E-state index is 0.0791. The van der Waals surface area contributed by atoms with Gasteiger partial charge in [-0.2, -0.15) is 5.10 Å². The van der Waals surface area contributed by atoms with E-state index in [9.17, 15) is 9.59 Å². The van der Waals surface area contributed by atoms with Crippen molar-refractivity contribution in [3.63, 3.8) is 0 Å². The number of likely N-dealkylation sites (tertiary alicyclic amines) is 2. The number of piperidine rings is 1. The third kappa shape index (κ3) is 4.58. The fraction of sp³-hybridized carbons (Fsp3) is 0.542. The molecule has 0 radical (unpaired) electrons. The molecule has 0 bridgehead atoms. The molecule has 2 aliphatic rings. The van der Waals surface area contributed by atoms with E-state index in [1.807, 2.05) is 32.7 Å². The van der Waals surface area contributed by atoms with Crippen LogP contribution in [0.3, 0.4) is 0 Å². The van der Waals surface area contributed by atoms with Crippen molar-refractivity contribution in [1.82, 2.24) is 19.6 Å². The van der Waals surface area contributed by atoms with E-state index >= 15 is 0 Å². The lowest BCUT2D eigenvalue weighted by atomic mass is 9.92. The van der Waals surface area contributed by atoms with Gasteiger partial charge in [-0.15, -0.1) is 0 Å². The molecule has 0 N–H and O–H groups in total. The molecule has 1 aromatic heterocycles. The smallest absolute Gasteiger partial charge is 0.257 e. The summed E-state index contributed by atoms with van der Waals surface area (Å²) in [6.45, 7) is 6.04. The largest absolute Gasteiger partial charge is 0.343 e. The van der Waals surface area contributed by atoms with Crippen molar-refractivity contribution in [3.8, 4) is 0 Å². The van der Waals surface area contributed by atoms with E-state index in [1.54, 1.807) is 6.20 Å². The molecule has 1 aromatic carbocycles. The van der Waals surface area contributed by atoms with E-state index in [2.05, 4.69) is 24.2 Å². The van der Waals surface area contributed by atoms with Gasteiger partial charge in [0.15, 0.2) is 0 Å². The molecule has 2 saturated heterocycles. The summed E-state index contributed by atoms with van der Waals surface area (Å²) in [5.74, 6) is 0.775. The van der Waals surface area contributed by atoms with Crippen LogP contribution in [0.25, 0.3) is 0 Å². The summed E-state index contributed by atoms with van der Waals surface area (Å²) in [5, 5.41) is 4.52. The average molecular weight is 409 g/mol. The van der Waals surface area contributed by atoms with Crippen molar-refractivity contribution in [2.75, 3.05) is 26.2 Å². The highest BCUT2D eigenvalue weighted by Gasteiger charge is 2.29. The predicted octanol–water partition coefficient (Wildman–Crippen LogP) is 3.36. The fourth-order valence-corrected chi connectivity index (χ4v) is 4.71. The molecule has 0 atom stereocenters. The van der Waals surface area contributed by atoms with Gasteiger partial charge in [-0.1, -0.05) is 37.3 Å². The van der Waals surface area contributed by atoms with Crippen molar-refractivity contribution in [2.24, 2.45) is 5.92 Å². The van der Waals surface area contributed by atoms with E-state index in [4.69, 9.17) is 0 Å².